The van der Waals surface area contributed by atoms with E-state index in [2.05, 4.69) is 42.4 Å². The Morgan fingerprint density at radius 1 is 1.47 bits per heavy atom. The standard InChI is InChI=1S/C14H24N2S/c1-4-12-6-7-17-14(12)10-16-9-13(5-2)15-8-11(16)3/h6-7,11,13,15H,4-5,8-10H2,1-3H3. The molecular weight excluding hydrogens is 228 g/mol. The van der Waals surface area contributed by atoms with E-state index in [-0.39, 0.29) is 0 Å². The molecule has 3 heteroatoms. The molecule has 96 valence electrons. The molecule has 2 nitrogen and oxygen atoms in total. The summed E-state index contributed by atoms with van der Waals surface area (Å²) in [6.45, 7) is 10.3. The van der Waals surface area contributed by atoms with Gasteiger partial charge in [0.05, 0.1) is 0 Å². The number of hydrogen-bond donors (Lipinski definition) is 1. The zero-order valence-electron chi connectivity index (χ0n) is 11.2. The molecule has 0 amide bonds. The maximum atomic E-state index is 3.62. The van der Waals surface area contributed by atoms with Crippen LogP contribution in [0.2, 0.25) is 0 Å². The molecule has 2 heterocycles. The molecule has 2 atom stereocenters. The third-order valence-corrected chi connectivity index (χ3v) is 4.79. The molecule has 1 aliphatic heterocycles. The smallest absolute Gasteiger partial charge is 0.0334 e. The van der Waals surface area contributed by atoms with Crippen LogP contribution in [0.4, 0.5) is 0 Å². The number of nitrogens with zero attached hydrogens (tertiary/aromatic N) is 1. The van der Waals surface area contributed by atoms with Gasteiger partial charge in [0.2, 0.25) is 0 Å². The lowest BCUT2D eigenvalue weighted by atomic mass is 10.1. The van der Waals surface area contributed by atoms with Gasteiger partial charge in [0.15, 0.2) is 0 Å². The lowest BCUT2D eigenvalue weighted by Crippen LogP contribution is -2.54. The second kappa shape index (κ2) is 5.98. The van der Waals surface area contributed by atoms with Crippen molar-refractivity contribution in [3.8, 4) is 0 Å². The largest absolute Gasteiger partial charge is 0.311 e. The van der Waals surface area contributed by atoms with E-state index in [1.54, 1.807) is 4.88 Å². The molecule has 17 heavy (non-hydrogen) atoms. The van der Waals surface area contributed by atoms with Crippen molar-refractivity contribution >= 4 is 11.3 Å². The first-order chi connectivity index (χ1) is 8.24. The second-order valence-corrected chi connectivity index (χ2v) is 6.02. The van der Waals surface area contributed by atoms with Crippen molar-refractivity contribution in [3.63, 3.8) is 0 Å². The van der Waals surface area contributed by atoms with Gasteiger partial charge in [-0.05, 0) is 36.8 Å². The van der Waals surface area contributed by atoms with Crippen molar-refractivity contribution in [2.75, 3.05) is 13.1 Å². The molecule has 0 saturated carbocycles. The van der Waals surface area contributed by atoms with Gasteiger partial charge in [-0.15, -0.1) is 11.3 Å². The Labute approximate surface area is 109 Å². The fourth-order valence-corrected chi connectivity index (χ4v) is 3.49. The van der Waals surface area contributed by atoms with Gasteiger partial charge in [-0.1, -0.05) is 13.8 Å². The van der Waals surface area contributed by atoms with Gasteiger partial charge in [0.1, 0.15) is 0 Å². The highest BCUT2D eigenvalue weighted by atomic mass is 32.1. The molecule has 0 radical (unpaired) electrons. The van der Waals surface area contributed by atoms with Crippen LogP contribution in [0.3, 0.4) is 0 Å². The van der Waals surface area contributed by atoms with Crippen molar-refractivity contribution in [1.82, 2.24) is 10.2 Å². The van der Waals surface area contributed by atoms with E-state index in [0.29, 0.717) is 12.1 Å². The van der Waals surface area contributed by atoms with Crippen LogP contribution < -0.4 is 5.32 Å². The van der Waals surface area contributed by atoms with Crippen LogP contribution in [-0.4, -0.2) is 30.1 Å². The van der Waals surface area contributed by atoms with E-state index in [0.717, 1.165) is 19.5 Å². The lowest BCUT2D eigenvalue weighted by Gasteiger charge is -2.38. The van der Waals surface area contributed by atoms with Gasteiger partial charge in [-0.25, -0.2) is 0 Å². The normalized spacial score (nSPS) is 26.3. The van der Waals surface area contributed by atoms with E-state index in [4.69, 9.17) is 0 Å². The van der Waals surface area contributed by atoms with Gasteiger partial charge in [-0.3, -0.25) is 4.90 Å². The van der Waals surface area contributed by atoms with Gasteiger partial charge < -0.3 is 5.32 Å². The first-order valence-electron chi connectivity index (χ1n) is 6.77. The van der Waals surface area contributed by atoms with Gasteiger partial charge in [-0.2, -0.15) is 0 Å². The van der Waals surface area contributed by atoms with E-state index in [1.165, 1.54) is 18.5 Å². The SMILES string of the molecule is CCc1ccsc1CN1CC(CC)NCC1C. The third kappa shape index (κ3) is 3.09. The van der Waals surface area contributed by atoms with Crippen LogP contribution in [0, 0.1) is 0 Å². The second-order valence-electron chi connectivity index (χ2n) is 5.01. The quantitative estimate of drug-likeness (QED) is 0.886. The Hall–Kier alpha value is -0.380. The summed E-state index contributed by atoms with van der Waals surface area (Å²) in [5.74, 6) is 0. The lowest BCUT2D eigenvalue weighted by molar-refractivity contribution is 0.132. The molecule has 2 rings (SSSR count). The van der Waals surface area contributed by atoms with Crippen LogP contribution >= 0.6 is 11.3 Å². The molecule has 1 aromatic heterocycles. The number of nitrogens with one attached hydrogen (secondary N) is 1. The summed E-state index contributed by atoms with van der Waals surface area (Å²) in [6, 6.07) is 3.62. The van der Waals surface area contributed by atoms with E-state index >= 15 is 0 Å². The number of thiophene rings is 1. The third-order valence-electron chi connectivity index (χ3n) is 3.84. The summed E-state index contributed by atoms with van der Waals surface area (Å²) in [7, 11) is 0. The fourth-order valence-electron chi connectivity index (χ4n) is 2.49. The number of rotatable bonds is 4. The summed E-state index contributed by atoms with van der Waals surface area (Å²) >= 11 is 1.92. The highest BCUT2D eigenvalue weighted by Crippen LogP contribution is 2.22. The summed E-state index contributed by atoms with van der Waals surface area (Å²) in [5, 5.41) is 5.85. The highest BCUT2D eigenvalue weighted by Gasteiger charge is 2.24. The molecule has 0 bridgehead atoms. The van der Waals surface area contributed by atoms with Crippen molar-refractivity contribution in [1.29, 1.82) is 0 Å². The number of piperazine rings is 1. The minimum Gasteiger partial charge on any atom is -0.311 e. The first-order valence-corrected chi connectivity index (χ1v) is 7.65. The van der Waals surface area contributed by atoms with Crippen molar-refractivity contribution in [3.05, 3.63) is 21.9 Å². The molecule has 0 spiro atoms. The van der Waals surface area contributed by atoms with Crippen molar-refractivity contribution in [2.45, 2.75) is 52.2 Å². The molecule has 2 unspecified atom stereocenters. The molecule has 1 saturated heterocycles. The average molecular weight is 252 g/mol. The Bertz CT molecular complexity index is 348. The first kappa shape index (κ1) is 13.1. The molecule has 0 aliphatic carbocycles. The van der Waals surface area contributed by atoms with Crippen LogP contribution in [0.5, 0.6) is 0 Å². The molecular formula is C14H24N2S. The van der Waals surface area contributed by atoms with Gasteiger partial charge in [0, 0.05) is 36.6 Å². The van der Waals surface area contributed by atoms with E-state index in [9.17, 15) is 0 Å². The molecule has 1 aromatic rings. The van der Waals surface area contributed by atoms with Crippen molar-refractivity contribution < 1.29 is 0 Å². The zero-order valence-corrected chi connectivity index (χ0v) is 12.0. The maximum absolute atomic E-state index is 3.62. The number of aryl methyl sites for hydroxylation is 1. The Morgan fingerprint density at radius 2 is 2.29 bits per heavy atom. The zero-order chi connectivity index (χ0) is 12.3. The summed E-state index contributed by atoms with van der Waals surface area (Å²) in [5.41, 5.74) is 1.54. The number of hydrogen-bond acceptors (Lipinski definition) is 3. The minimum atomic E-state index is 0.657. The minimum absolute atomic E-state index is 0.657. The fraction of sp³-hybridized carbons (Fsp3) is 0.714. The molecule has 1 aliphatic rings. The Balaban J connectivity index is 2.01. The van der Waals surface area contributed by atoms with Gasteiger partial charge in [0.25, 0.3) is 0 Å². The molecule has 1 fully saturated rings. The predicted molar refractivity (Wildman–Crippen MR) is 75.7 cm³/mol. The predicted octanol–water partition coefficient (Wildman–Crippen LogP) is 2.88. The average Bonchev–Trinajstić information content (AvgIpc) is 2.79. The summed E-state index contributed by atoms with van der Waals surface area (Å²) in [4.78, 5) is 4.20. The maximum Gasteiger partial charge on any atom is 0.0334 e. The molecule has 0 aromatic carbocycles. The van der Waals surface area contributed by atoms with Crippen LogP contribution in [0.25, 0.3) is 0 Å². The van der Waals surface area contributed by atoms with E-state index < -0.39 is 0 Å². The summed E-state index contributed by atoms with van der Waals surface area (Å²) in [6.07, 6.45) is 2.39. The highest BCUT2D eigenvalue weighted by molar-refractivity contribution is 7.10. The molecule has 1 N–H and O–H groups in total. The Kier molecular flexibility index (Phi) is 4.60. The van der Waals surface area contributed by atoms with Crippen LogP contribution in [-0.2, 0) is 13.0 Å². The van der Waals surface area contributed by atoms with Crippen LogP contribution in [0.1, 0.15) is 37.6 Å². The van der Waals surface area contributed by atoms with E-state index in [1.807, 2.05) is 11.3 Å². The topological polar surface area (TPSA) is 15.3 Å². The van der Waals surface area contributed by atoms with Crippen LogP contribution in [0.15, 0.2) is 11.4 Å². The Morgan fingerprint density at radius 3 is 3.00 bits per heavy atom. The monoisotopic (exact) mass is 252 g/mol. The van der Waals surface area contributed by atoms with Gasteiger partial charge >= 0.3 is 0 Å². The summed E-state index contributed by atoms with van der Waals surface area (Å²) < 4.78 is 0. The van der Waals surface area contributed by atoms with Crippen molar-refractivity contribution in [2.24, 2.45) is 0 Å².